The zero-order chi connectivity index (χ0) is 14.4. The lowest BCUT2D eigenvalue weighted by molar-refractivity contribution is -0.146. The van der Waals surface area contributed by atoms with E-state index in [1.165, 1.54) is 0 Å². The molecule has 0 aliphatic rings. The highest BCUT2D eigenvalue weighted by molar-refractivity contribution is 6.08. The predicted molar refractivity (Wildman–Crippen MR) is 70.3 cm³/mol. The van der Waals surface area contributed by atoms with Crippen LogP contribution in [0.15, 0.2) is 24.3 Å². The lowest BCUT2D eigenvalue weighted by atomic mass is 10.1. The van der Waals surface area contributed by atoms with Crippen molar-refractivity contribution in [1.82, 2.24) is 0 Å². The first-order chi connectivity index (χ1) is 8.97. The van der Waals surface area contributed by atoms with Gasteiger partial charge in [-0.1, -0.05) is 18.2 Å². The summed E-state index contributed by atoms with van der Waals surface area (Å²) in [6.07, 6.45) is -0.740. The number of aliphatic hydroxyl groups is 1. The highest BCUT2D eigenvalue weighted by atomic mass is 16.5. The van der Waals surface area contributed by atoms with E-state index in [-0.39, 0.29) is 6.61 Å². The molecule has 1 aromatic carbocycles. The molecule has 0 aliphatic heterocycles. The molecule has 6 nitrogen and oxygen atoms in total. The molecule has 4 N–H and O–H groups in total. The summed E-state index contributed by atoms with van der Waals surface area (Å²) < 4.78 is 4.67. The first-order valence-electron chi connectivity index (χ1n) is 5.97. The zero-order valence-corrected chi connectivity index (χ0v) is 10.9. The fourth-order valence-corrected chi connectivity index (χ4v) is 1.52. The van der Waals surface area contributed by atoms with Crippen molar-refractivity contribution in [2.45, 2.75) is 26.0 Å². The number of esters is 1. The molecular weight excluding hydrogens is 248 g/mol. The normalized spacial score (nSPS) is 13.5. The minimum atomic E-state index is -1.39. The molecule has 6 heteroatoms. The Kier molecular flexibility index (Phi) is 5.47. The van der Waals surface area contributed by atoms with Crippen molar-refractivity contribution in [1.29, 1.82) is 0 Å². The van der Waals surface area contributed by atoms with Crippen molar-refractivity contribution in [3.63, 3.8) is 0 Å². The summed E-state index contributed by atoms with van der Waals surface area (Å²) in [5.41, 5.74) is 6.44. The van der Waals surface area contributed by atoms with Gasteiger partial charge in [-0.05, 0) is 19.9 Å². The fourth-order valence-electron chi connectivity index (χ4n) is 1.52. The number of carbonyl (C=O) groups excluding carboxylic acids is 2. The van der Waals surface area contributed by atoms with Gasteiger partial charge in [0.2, 0.25) is 0 Å². The predicted octanol–water partition coefficient (Wildman–Crippen LogP) is 0.569. The summed E-state index contributed by atoms with van der Waals surface area (Å²) in [7, 11) is 0. The third-order valence-corrected chi connectivity index (χ3v) is 2.49. The maximum Gasteiger partial charge on any atom is 0.332 e. The SMILES string of the molecule is CCOC(=O)C(N)C(=O)Nc1ccccc1C(C)O. The van der Waals surface area contributed by atoms with E-state index >= 15 is 0 Å². The van der Waals surface area contributed by atoms with Gasteiger partial charge < -0.3 is 20.9 Å². The number of anilines is 1. The maximum absolute atomic E-state index is 11.8. The average Bonchev–Trinajstić information content (AvgIpc) is 2.38. The Balaban J connectivity index is 2.80. The van der Waals surface area contributed by atoms with Gasteiger partial charge in [0.05, 0.1) is 12.7 Å². The number of nitrogens with two attached hydrogens (primary N) is 1. The van der Waals surface area contributed by atoms with Gasteiger partial charge in [-0.3, -0.25) is 4.79 Å². The molecule has 0 saturated heterocycles. The molecule has 104 valence electrons. The van der Waals surface area contributed by atoms with E-state index in [9.17, 15) is 14.7 Å². The average molecular weight is 266 g/mol. The third-order valence-electron chi connectivity index (χ3n) is 2.49. The molecule has 0 heterocycles. The van der Waals surface area contributed by atoms with E-state index in [2.05, 4.69) is 10.1 Å². The molecule has 0 aromatic heterocycles. The molecule has 0 aliphatic carbocycles. The van der Waals surface area contributed by atoms with Crippen LogP contribution >= 0.6 is 0 Å². The van der Waals surface area contributed by atoms with Crippen molar-refractivity contribution >= 4 is 17.6 Å². The van der Waals surface area contributed by atoms with Crippen LogP contribution in [0, 0.1) is 0 Å². The summed E-state index contributed by atoms with van der Waals surface area (Å²) >= 11 is 0. The van der Waals surface area contributed by atoms with Gasteiger partial charge in [0.1, 0.15) is 0 Å². The van der Waals surface area contributed by atoms with Crippen molar-refractivity contribution < 1.29 is 19.4 Å². The molecule has 19 heavy (non-hydrogen) atoms. The maximum atomic E-state index is 11.8. The van der Waals surface area contributed by atoms with Gasteiger partial charge in [0.15, 0.2) is 6.04 Å². The Hall–Kier alpha value is -1.92. The number of ether oxygens (including phenoxy) is 1. The standard InChI is InChI=1S/C13H18N2O4/c1-3-19-13(18)11(14)12(17)15-10-7-5-4-6-9(10)8(2)16/h4-8,11,16H,3,14H2,1-2H3,(H,15,17). The Morgan fingerprint density at radius 1 is 1.42 bits per heavy atom. The minimum Gasteiger partial charge on any atom is -0.464 e. The summed E-state index contributed by atoms with van der Waals surface area (Å²) in [5, 5.41) is 12.1. The number of para-hydroxylation sites is 1. The van der Waals surface area contributed by atoms with Crippen LogP contribution in [-0.4, -0.2) is 29.6 Å². The van der Waals surface area contributed by atoms with Gasteiger partial charge in [-0.25, -0.2) is 4.79 Å². The number of hydrogen-bond acceptors (Lipinski definition) is 5. The highest BCUT2D eigenvalue weighted by Gasteiger charge is 2.24. The van der Waals surface area contributed by atoms with E-state index in [1.54, 1.807) is 38.1 Å². The van der Waals surface area contributed by atoms with Crippen LogP contribution in [0.4, 0.5) is 5.69 Å². The smallest absolute Gasteiger partial charge is 0.332 e. The van der Waals surface area contributed by atoms with Gasteiger partial charge in [0, 0.05) is 11.3 Å². The lowest BCUT2D eigenvalue weighted by Crippen LogP contribution is -2.43. The molecule has 2 unspecified atom stereocenters. The molecule has 2 atom stereocenters. The largest absolute Gasteiger partial charge is 0.464 e. The number of rotatable bonds is 5. The molecule has 0 bridgehead atoms. The molecule has 1 aromatic rings. The fraction of sp³-hybridized carbons (Fsp3) is 0.385. The Bertz CT molecular complexity index is 460. The van der Waals surface area contributed by atoms with Crippen LogP contribution in [0.2, 0.25) is 0 Å². The molecule has 1 amide bonds. The van der Waals surface area contributed by atoms with E-state index in [0.29, 0.717) is 11.3 Å². The molecule has 0 spiro atoms. The molecule has 0 radical (unpaired) electrons. The van der Waals surface area contributed by atoms with Crippen LogP contribution in [-0.2, 0) is 14.3 Å². The zero-order valence-electron chi connectivity index (χ0n) is 10.9. The summed E-state index contributed by atoms with van der Waals surface area (Å²) in [6.45, 7) is 3.37. The second-order valence-corrected chi connectivity index (χ2v) is 3.98. The highest BCUT2D eigenvalue weighted by Crippen LogP contribution is 2.22. The Morgan fingerprint density at radius 3 is 2.63 bits per heavy atom. The summed E-state index contributed by atoms with van der Waals surface area (Å²) in [4.78, 5) is 23.1. The Morgan fingerprint density at radius 2 is 2.05 bits per heavy atom. The van der Waals surface area contributed by atoms with E-state index in [4.69, 9.17) is 5.73 Å². The number of amides is 1. The number of carbonyl (C=O) groups is 2. The number of hydrogen-bond donors (Lipinski definition) is 3. The van der Waals surface area contributed by atoms with Crippen LogP contribution in [0.5, 0.6) is 0 Å². The topological polar surface area (TPSA) is 102 Å². The van der Waals surface area contributed by atoms with Crippen molar-refractivity contribution in [3.8, 4) is 0 Å². The van der Waals surface area contributed by atoms with Crippen molar-refractivity contribution in [2.24, 2.45) is 5.73 Å². The summed E-state index contributed by atoms with van der Waals surface area (Å²) in [6, 6.07) is 5.36. The Labute approximate surface area is 111 Å². The first-order valence-corrected chi connectivity index (χ1v) is 5.97. The van der Waals surface area contributed by atoms with Gasteiger partial charge in [-0.2, -0.15) is 0 Å². The second kappa shape index (κ2) is 6.86. The molecule has 0 saturated carbocycles. The van der Waals surface area contributed by atoms with E-state index < -0.39 is 24.0 Å². The number of nitrogens with one attached hydrogen (secondary N) is 1. The molecular formula is C13H18N2O4. The van der Waals surface area contributed by atoms with Gasteiger partial charge >= 0.3 is 5.97 Å². The van der Waals surface area contributed by atoms with Crippen LogP contribution < -0.4 is 11.1 Å². The number of aliphatic hydroxyl groups excluding tert-OH is 1. The second-order valence-electron chi connectivity index (χ2n) is 3.98. The monoisotopic (exact) mass is 266 g/mol. The number of benzene rings is 1. The third kappa shape index (κ3) is 4.04. The van der Waals surface area contributed by atoms with Gasteiger partial charge in [-0.15, -0.1) is 0 Å². The van der Waals surface area contributed by atoms with Crippen LogP contribution in [0.3, 0.4) is 0 Å². The van der Waals surface area contributed by atoms with Crippen molar-refractivity contribution in [2.75, 3.05) is 11.9 Å². The minimum absolute atomic E-state index is 0.157. The van der Waals surface area contributed by atoms with E-state index in [1.807, 2.05) is 0 Å². The van der Waals surface area contributed by atoms with E-state index in [0.717, 1.165) is 0 Å². The van der Waals surface area contributed by atoms with Crippen LogP contribution in [0.1, 0.15) is 25.5 Å². The van der Waals surface area contributed by atoms with Gasteiger partial charge in [0.25, 0.3) is 5.91 Å². The van der Waals surface area contributed by atoms with Crippen LogP contribution in [0.25, 0.3) is 0 Å². The lowest BCUT2D eigenvalue weighted by Gasteiger charge is -2.15. The quantitative estimate of drug-likeness (QED) is 0.534. The summed E-state index contributed by atoms with van der Waals surface area (Å²) in [5.74, 6) is -1.46. The molecule has 0 fully saturated rings. The first kappa shape index (κ1) is 15.1. The van der Waals surface area contributed by atoms with Crippen molar-refractivity contribution in [3.05, 3.63) is 29.8 Å². The molecule has 1 rings (SSSR count).